The molecule has 4 saturated heterocycles. The SMILES string of the molecule is CC1(C)CCC2(C(=O)OC3OC(CO)C(O)C(O)C3O)CCC3(C)C(=CCC4C5(C)CCC(OCC6OC(C(=O)O)C(O)C(OC7OC(CO)C(O)C(O)C7O)C6OC6OC(CO)C(O)C(O)C6O)C(C)(C)C5CCC43C)C2C1. The van der Waals surface area contributed by atoms with Gasteiger partial charge in [-0.15, -0.1) is 0 Å². The number of allylic oxidation sites excluding steroid dienone is 2. The van der Waals surface area contributed by atoms with Crippen molar-refractivity contribution < 1.29 is 119 Å². The number of ether oxygens (including phenoxy) is 8. The Morgan fingerprint density at radius 2 is 1.09 bits per heavy atom. The molecule has 28 unspecified atom stereocenters. The molecule has 14 N–H and O–H groups in total. The molecule has 0 amide bonds. The second-order valence-corrected chi connectivity index (χ2v) is 26.7. The number of hydrogen-bond acceptors (Lipinski definition) is 23. The van der Waals surface area contributed by atoms with Crippen molar-refractivity contribution in [3.05, 3.63) is 11.6 Å². The lowest BCUT2D eigenvalue weighted by Gasteiger charge is -2.71. The molecule has 0 bridgehead atoms. The van der Waals surface area contributed by atoms with Gasteiger partial charge in [-0.2, -0.15) is 0 Å². The molecule has 0 radical (unpaired) electrons. The van der Waals surface area contributed by atoms with Gasteiger partial charge in [0.25, 0.3) is 0 Å². The number of esters is 1. The molecule has 0 aromatic carbocycles. The van der Waals surface area contributed by atoms with Gasteiger partial charge in [-0.1, -0.05) is 60.1 Å². The van der Waals surface area contributed by atoms with Crippen molar-refractivity contribution in [3.8, 4) is 0 Å². The van der Waals surface area contributed by atoms with Crippen molar-refractivity contribution in [2.45, 2.75) is 241 Å². The number of aliphatic hydroxyl groups excluding tert-OH is 13. The van der Waals surface area contributed by atoms with Gasteiger partial charge in [0.1, 0.15) is 97.7 Å². The second-order valence-electron chi connectivity index (χ2n) is 26.7. The minimum atomic E-state index is -2.12. The number of aliphatic hydroxyl groups is 13. The normalized spacial score (nSPS) is 52.3. The van der Waals surface area contributed by atoms with Crippen LogP contribution in [0.3, 0.4) is 0 Å². The zero-order valence-corrected chi connectivity index (χ0v) is 46.2. The molecule has 28 atom stereocenters. The summed E-state index contributed by atoms with van der Waals surface area (Å²) in [4.78, 5) is 27.6. The van der Waals surface area contributed by atoms with Crippen LogP contribution in [0.2, 0.25) is 0 Å². The molecule has 0 spiro atoms. The van der Waals surface area contributed by atoms with Gasteiger partial charge in [-0.05, 0) is 109 Å². The monoisotopic (exact) mass is 1130 g/mol. The summed E-state index contributed by atoms with van der Waals surface area (Å²) in [6.45, 7) is 13.1. The highest BCUT2D eigenvalue weighted by Crippen LogP contribution is 2.76. The van der Waals surface area contributed by atoms with Gasteiger partial charge in [-0.3, -0.25) is 4.79 Å². The summed E-state index contributed by atoms with van der Waals surface area (Å²) < 4.78 is 48.1. The van der Waals surface area contributed by atoms with Gasteiger partial charge >= 0.3 is 11.9 Å². The fourth-order valence-electron chi connectivity index (χ4n) is 16.7. The average Bonchev–Trinajstić information content (AvgIpc) is 2.72. The standard InChI is InChI=1S/C55H88O24/c1-50(2)14-16-55(49(71)79-48-40(67)37(64)34(61)27(21-58)76-48)17-15-53(6)23(24(55)18-50)8-9-30-52(5)12-11-31(51(3,4)29(52)10-13-54(30,53)7)72-22-28-42(77-46-38(65)35(62)32(59)25(19-56)74-46)43(41(68)44(73-28)45(69)70)78-47-39(66)36(63)33(60)26(20-57)75-47/h8,24-44,46-48,56-68H,9-22H2,1-7H3,(H,69,70). The highest BCUT2D eigenvalue weighted by atomic mass is 16.8. The Bertz CT molecular complexity index is 2210. The first-order valence-corrected chi connectivity index (χ1v) is 28.3. The minimum Gasteiger partial charge on any atom is -0.479 e. The van der Waals surface area contributed by atoms with Gasteiger partial charge < -0.3 is 109 Å². The Labute approximate surface area is 459 Å². The molecule has 0 aromatic rings. The van der Waals surface area contributed by atoms with Crippen LogP contribution in [0.25, 0.3) is 0 Å². The van der Waals surface area contributed by atoms with Crippen molar-refractivity contribution in [1.29, 1.82) is 0 Å². The van der Waals surface area contributed by atoms with Crippen LogP contribution in [-0.4, -0.2) is 239 Å². The summed E-state index contributed by atoms with van der Waals surface area (Å²) in [5, 5.41) is 148. The highest BCUT2D eigenvalue weighted by molar-refractivity contribution is 5.79. The maximum atomic E-state index is 14.8. The van der Waals surface area contributed by atoms with Crippen LogP contribution >= 0.6 is 0 Å². The maximum absolute atomic E-state index is 14.8. The topological polar surface area (TPSA) is 391 Å². The van der Waals surface area contributed by atoms with Gasteiger partial charge in [0.2, 0.25) is 6.29 Å². The predicted octanol–water partition coefficient (Wildman–Crippen LogP) is -1.90. The number of aliphatic carboxylic acids is 1. The second kappa shape index (κ2) is 22.4. The van der Waals surface area contributed by atoms with Gasteiger partial charge in [0.05, 0.1) is 37.9 Å². The molecule has 24 nitrogen and oxygen atoms in total. The molecule has 8 fully saturated rings. The molecule has 0 aromatic heterocycles. The third kappa shape index (κ3) is 10.2. The molecular weight excluding hydrogens is 1040 g/mol. The number of rotatable bonds is 13. The summed E-state index contributed by atoms with van der Waals surface area (Å²) in [7, 11) is 0. The molecule has 4 aliphatic heterocycles. The van der Waals surface area contributed by atoms with Gasteiger partial charge in [0.15, 0.2) is 18.7 Å². The first-order chi connectivity index (χ1) is 37.0. The minimum absolute atomic E-state index is 0.0875. The van der Waals surface area contributed by atoms with Crippen molar-refractivity contribution in [2.24, 2.45) is 50.2 Å². The Kier molecular flexibility index (Phi) is 17.4. The number of carbonyl (C=O) groups is 2. The number of hydrogen-bond donors (Lipinski definition) is 14. The fraction of sp³-hybridized carbons (Fsp3) is 0.927. The molecule has 24 heteroatoms. The first-order valence-electron chi connectivity index (χ1n) is 28.3. The predicted molar refractivity (Wildman–Crippen MR) is 268 cm³/mol. The molecule has 79 heavy (non-hydrogen) atoms. The third-order valence-electron chi connectivity index (χ3n) is 21.7. The van der Waals surface area contributed by atoms with Gasteiger partial charge in [0, 0.05) is 0 Å². The number of fused-ring (bicyclic) bond motifs is 7. The van der Waals surface area contributed by atoms with Crippen LogP contribution in [0.5, 0.6) is 0 Å². The Morgan fingerprint density at radius 3 is 1.63 bits per heavy atom. The van der Waals surface area contributed by atoms with Crippen LogP contribution < -0.4 is 0 Å². The van der Waals surface area contributed by atoms with E-state index in [0.29, 0.717) is 25.7 Å². The molecule has 5 aliphatic carbocycles. The maximum Gasteiger partial charge on any atom is 0.335 e. The molecule has 9 rings (SSSR count). The van der Waals surface area contributed by atoms with Crippen LogP contribution in [0, 0.1) is 50.2 Å². The number of carboxylic acid groups (broad SMARTS) is 1. The van der Waals surface area contributed by atoms with E-state index in [1.54, 1.807) is 0 Å². The summed E-state index contributed by atoms with van der Waals surface area (Å²) >= 11 is 0. The summed E-state index contributed by atoms with van der Waals surface area (Å²) in [6.07, 6.45) is -26.4. The van der Waals surface area contributed by atoms with Crippen molar-refractivity contribution in [2.75, 3.05) is 26.4 Å². The van der Waals surface area contributed by atoms with E-state index >= 15 is 0 Å². The number of carboxylic acids is 1. The van der Waals surface area contributed by atoms with Gasteiger partial charge in [-0.25, -0.2) is 4.79 Å². The van der Waals surface area contributed by atoms with Crippen LogP contribution in [-0.2, 0) is 47.5 Å². The van der Waals surface area contributed by atoms with Crippen molar-refractivity contribution in [3.63, 3.8) is 0 Å². The Morgan fingerprint density at radius 1 is 0.570 bits per heavy atom. The third-order valence-corrected chi connectivity index (χ3v) is 21.7. The lowest BCUT2D eigenvalue weighted by atomic mass is 9.33. The van der Waals surface area contributed by atoms with E-state index < -0.39 is 178 Å². The molecule has 452 valence electrons. The molecule has 4 heterocycles. The lowest BCUT2D eigenvalue weighted by molar-refractivity contribution is -0.371. The lowest BCUT2D eigenvalue weighted by Crippen LogP contribution is -2.68. The zero-order valence-electron chi connectivity index (χ0n) is 46.2. The van der Waals surface area contributed by atoms with Crippen molar-refractivity contribution in [1.82, 2.24) is 0 Å². The van der Waals surface area contributed by atoms with Crippen molar-refractivity contribution >= 4 is 11.9 Å². The highest BCUT2D eigenvalue weighted by Gasteiger charge is 2.70. The largest absolute Gasteiger partial charge is 0.479 e. The summed E-state index contributed by atoms with van der Waals surface area (Å²) in [5.41, 5.74) is -1.15. The van der Waals surface area contributed by atoms with Crippen LogP contribution in [0.1, 0.15) is 113 Å². The number of carbonyl (C=O) groups excluding carboxylic acids is 1. The average molecular weight is 1130 g/mol. The van der Waals surface area contributed by atoms with Crippen LogP contribution in [0.15, 0.2) is 11.6 Å². The smallest absolute Gasteiger partial charge is 0.335 e. The van der Waals surface area contributed by atoms with E-state index in [1.807, 2.05) is 0 Å². The van der Waals surface area contributed by atoms with E-state index in [9.17, 15) is 81.1 Å². The molecule has 4 saturated carbocycles. The molecular formula is C55H88O24. The summed E-state index contributed by atoms with van der Waals surface area (Å²) in [5.74, 6) is -2.08. The van der Waals surface area contributed by atoms with E-state index in [-0.39, 0.29) is 39.4 Å². The van der Waals surface area contributed by atoms with E-state index in [4.69, 9.17) is 37.9 Å². The summed E-state index contributed by atoms with van der Waals surface area (Å²) in [6, 6.07) is 0. The van der Waals surface area contributed by atoms with Crippen LogP contribution in [0.4, 0.5) is 0 Å². The first kappa shape index (κ1) is 61.4. The Hall–Kier alpha value is -2.12. The van der Waals surface area contributed by atoms with E-state index in [2.05, 4.69) is 54.5 Å². The zero-order chi connectivity index (χ0) is 57.9. The quantitative estimate of drug-likeness (QED) is 0.0707. The van der Waals surface area contributed by atoms with E-state index in [1.165, 1.54) is 5.57 Å². The fourth-order valence-corrected chi connectivity index (χ4v) is 16.7. The Balaban J connectivity index is 0.971. The molecule has 9 aliphatic rings. The van der Waals surface area contributed by atoms with E-state index in [0.717, 1.165) is 38.5 Å².